The van der Waals surface area contributed by atoms with Gasteiger partial charge in [0.25, 0.3) is 5.91 Å². The maximum Gasteiger partial charge on any atom is 0.255 e. The molecule has 7 nitrogen and oxygen atoms in total. The first-order valence-electron chi connectivity index (χ1n) is 9.35. The summed E-state index contributed by atoms with van der Waals surface area (Å²) in [6, 6.07) is 7.65. The zero-order valence-corrected chi connectivity index (χ0v) is 14.9. The van der Waals surface area contributed by atoms with Gasteiger partial charge in [-0.2, -0.15) is 0 Å². The Hall–Kier alpha value is -3.42. The van der Waals surface area contributed by atoms with Gasteiger partial charge < -0.3 is 16.0 Å². The molecule has 0 spiro atoms. The van der Waals surface area contributed by atoms with E-state index in [1.807, 2.05) is 0 Å². The molecule has 0 aromatic heterocycles. The summed E-state index contributed by atoms with van der Waals surface area (Å²) in [5, 5.41) is 5.26. The number of rotatable bonds is 4. The number of carbonyl (C=O) groups is 3. The highest BCUT2D eigenvalue weighted by Gasteiger charge is 2.39. The molecule has 3 amide bonds. The highest BCUT2D eigenvalue weighted by molar-refractivity contribution is 6.06. The lowest BCUT2D eigenvalue weighted by Gasteiger charge is -2.29. The van der Waals surface area contributed by atoms with Gasteiger partial charge in [0.15, 0.2) is 0 Å². The van der Waals surface area contributed by atoms with Gasteiger partial charge in [0.05, 0.1) is 1.37 Å². The second-order valence-corrected chi connectivity index (χ2v) is 6.75. The number of nitrogens with zero attached hydrogens (tertiary/aromatic N) is 1. The Morgan fingerprint density at radius 2 is 2.11 bits per heavy atom. The third-order valence-corrected chi connectivity index (χ3v) is 4.94. The van der Waals surface area contributed by atoms with E-state index in [4.69, 9.17) is 7.10 Å². The molecule has 1 atom stereocenters. The van der Waals surface area contributed by atoms with E-state index in [0.717, 1.165) is 0 Å². The van der Waals surface area contributed by atoms with Crippen LogP contribution in [0.5, 0.6) is 0 Å². The maximum absolute atomic E-state index is 14.0. The van der Waals surface area contributed by atoms with Crippen molar-refractivity contribution in [2.45, 2.75) is 31.9 Å². The number of anilines is 2. The molecule has 144 valence electrons. The summed E-state index contributed by atoms with van der Waals surface area (Å²) in [6.07, 6.45) is -0.0618. The molecule has 8 heteroatoms. The van der Waals surface area contributed by atoms with Crippen LogP contribution in [-0.4, -0.2) is 28.6 Å². The molecule has 2 aromatic rings. The molecule has 0 saturated carbocycles. The van der Waals surface area contributed by atoms with Gasteiger partial charge in [0, 0.05) is 47.6 Å². The van der Waals surface area contributed by atoms with Crippen LogP contribution in [0.4, 0.5) is 15.8 Å². The predicted molar refractivity (Wildman–Crippen MR) is 101 cm³/mol. The molecule has 1 saturated heterocycles. The largest absolute Gasteiger partial charge is 0.399 e. The van der Waals surface area contributed by atoms with Crippen molar-refractivity contribution in [3.8, 4) is 0 Å². The quantitative estimate of drug-likeness (QED) is 0.551. The molecule has 1 fully saturated rings. The van der Waals surface area contributed by atoms with E-state index in [1.54, 1.807) is 30.3 Å². The highest BCUT2D eigenvalue weighted by atomic mass is 19.1. The molecule has 2 aliphatic rings. The number of hydrogen-bond donors (Lipinski definition) is 3. The van der Waals surface area contributed by atoms with Crippen molar-refractivity contribution in [2.24, 2.45) is 0 Å². The monoisotopic (exact) mass is 383 g/mol. The van der Waals surface area contributed by atoms with Gasteiger partial charge in [-0.1, -0.05) is 12.1 Å². The van der Waals surface area contributed by atoms with Gasteiger partial charge in [-0.15, -0.1) is 0 Å². The second kappa shape index (κ2) is 6.95. The minimum atomic E-state index is -1.84. The number of benzene rings is 2. The Morgan fingerprint density at radius 3 is 2.86 bits per heavy atom. The van der Waals surface area contributed by atoms with Crippen molar-refractivity contribution in [2.75, 3.05) is 11.1 Å². The number of hydrogen-bond acceptors (Lipinski definition) is 5. The molecular weight excluding hydrogens is 363 g/mol. The van der Waals surface area contributed by atoms with Crippen molar-refractivity contribution < 1.29 is 20.1 Å². The summed E-state index contributed by atoms with van der Waals surface area (Å²) in [4.78, 5) is 37.8. The van der Waals surface area contributed by atoms with E-state index >= 15 is 0 Å². The van der Waals surface area contributed by atoms with Crippen LogP contribution >= 0.6 is 0 Å². The molecule has 0 radical (unpaired) electrons. The summed E-state index contributed by atoms with van der Waals surface area (Å²) in [6.45, 7) is 0.227. The van der Waals surface area contributed by atoms with Crippen LogP contribution in [0.25, 0.3) is 0 Å². The summed E-state index contributed by atoms with van der Waals surface area (Å²) in [7, 11) is 0. The summed E-state index contributed by atoms with van der Waals surface area (Å²) < 4.78 is 22.6. The Balaban J connectivity index is 1.58. The van der Waals surface area contributed by atoms with Gasteiger partial charge in [0.1, 0.15) is 11.8 Å². The first-order valence-corrected chi connectivity index (χ1v) is 8.85. The number of nitrogen functional groups attached to an aromatic ring is 1. The van der Waals surface area contributed by atoms with Crippen molar-refractivity contribution >= 4 is 29.1 Å². The number of nitrogens with two attached hydrogens (primary N) is 1. The van der Waals surface area contributed by atoms with Crippen molar-refractivity contribution in [3.05, 3.63) is 58.9 Å². The van der Waals surface area contributed by atoms with E-state index < -0.39 is 29.6 Å². The fourth-order valence-electron chi connectivity index (χ4n) is 3.48. The van der Waals surface area contributed by atoms with Crippen LogP contribution in [0.1, 0.15) is 35.7 Å². The number of nitrogens with one attached hydrogen (secondary N) is 2. The van der Waals surface area contributed by atoms with E-state index in [0.29, 0.717) is 28.1 Å². The standard InChI is InChI=1S/C20H19FN4O3/c21-15-8-12(22)5-4-11(15)9-23-16-3-1-2-13-14(16)10-25(20(13)28)17-6-7-18(26)24-19(17)27/h1-5,8,17,23H,6-7,9-10,22H2,(H,24,26,27)/i17D. The zero-order valence-electron chi connectivity index (χ0n) is 15.9. The Morgan fingerprint density at radius 1 is 1.29 bits per heavy atom. The summed E-state index contributed by atoms with van der Waals surface area (Å²) in [5.41, 5.74) is 7.94. The minimum Gasteiger partial charge on any atom is -0.399 e. The molecule has 0 aliphatic carbocycles. The Kier molecular flexibility index (Phi) is 4.16. The first kappa shape index (κ1) is 16.7. The van der Waals surface area contributed by atoms with Crippen LogP contribution in [-0.2, 0) is 22.7 Å². The fourth-order valence-corrected chi connectivity index (χ4v) is 3.48. The van der Waals surface area contributed by atoms with Crippen molar-refractivity contribution in [1.29, 1.82) is 0 Å². The summed E-state index contributed by atoms with van der Waals surface area (Å²) in [5.74, 6) is -2.12. The molecule has 1 unspecified atom stereocenters. The van der Waals surface area contributed by atoms with Crippen molar-refractivity contribution in [3.63, 3.8) is 0 Å². The third-order valence-electron chi connectivity index (χ3n) is 4.94. The van der Waals surface area contributed by atoms with E-state index in [-0.39, 0.29) is 25.9 Å². The van der Waals surface area contributed by atoms with Gasteiger partial charge in [-0.05, 0) is 30.7 Å². The molecule has 2 heterocycles. The average molecular weight is 383 g/mol. The van der Waals surface area contributed by atoms with Crippen LogP contribution in [0.15, 0.2) is 36.4 Å². The van der Waals surface area contributed by atoms with Crippen LogP contribution in [0.3, 0.4) is 0 Å². The number of piperidine rings is 1. The average Bonchev–Trinajstić information content (AvgIpc) is 3.02. The normalized spacial score (nSPS) is 22.0. The minimum absolute atomic E-state index is 0.00309. The first-order chi connectivity index (χ1) is 13.8. The van der Waals surface area contributed by atoms with Crippen LogP contribution < -0.4 is 16.4 Å². The molecular formula is C20H19FN4O3. The number of fused-ring (bicyclic) bond motifs is 1. The summed E-state index contributed by atoms with van der Waals surface area (Å²) >= 11 is 0. The molecule has 2 aromatic carbocycles. The number of carbonyl (C=O) groups excluding carboxylic acids is 3. The molecule has 4 rings (SSSR count). The fraction of sp³-hybridized carbons (Fsp3) is 0.250. The Bertz CT molecular complexity index is 1040. The van der Waals surface area contributed by atoms with Gasteiger partial charge in [-0.3, -0.25) is 19.7 Å². The number of amides is 3. The third kappa shape index (κ3) is 3.17. The maximum atomic E-state index is 14.0. The topological polar surface area (TPSA) is 105 Å². The number of imide groups is 1. The lowest BCUT2D eigenvalue weighted by atomic mass is 10.0. The molecule has 28 heavy (non-hydrogen) atoms. The highest BCUT2D eigenvalue weighted by Crippen LogP contribution is 2.32. The van der Waals surface area contributed by atoms with E-state index in [9.17, 15) is 18.8 Å². The van der Waals surface area contributed by atoms with Gasteiger partial charge in [0.2, 0.25) is 11.8 Å². The lowest BCUT2D eigenvalue weighted by molar-refractivity contribution is -0.136. The van der Waals surface area contributed by atoms with E-state index in [2.05, 4.69) is 10.6 Å². The molecule has 4 N–H and O–H groups in total. The van der Waals surface area contributed by atoms with Crippen molar-refractivity contribution in [1.82, 2.24) is 10.2 Å². The lowest BCUT2D eigenvalue weighted by Crippen LogP contribution is -2.52. The smallest absolute Gasteiger partial charge is 0.255 e. The molecule has 2 aliphatic heterocycles. The van der Waals surface area contributed by atoms with Gasteiger partial charge >= 0.3 is 0 Å². The Labute approximate surface area is 162 Å². The van der Waals surface area contributed by atoms with Crippen LogP contribution in [0, 0.1) is 5.82 Å². The molecule has 0 bridgehead atoms. The van der Waals surface area contributed by atoms with Crippen LogP contribution in [0.2, 0.25) is 0 Å². The zero-order chi connectivity index (χ0) is 20.8. The number of halogens is 1. The predicted octanol–water partition coefficient (Wildman–Crippen LogP) is 1.78. The van der Waals surface area contributed by atoms with Gasteiger partial charge in [-0.25, -0.2) is 4.39 Å². The second-order valence-electron chi connectivity index (χ2n) is 6.75. The van der Waals surface area contributed by atoms with E-state index in [1.165, 1.54) is 11.0 Å². The SMILES string of the molecule is [2H]C1(N2Cc3c(NCc4ccc(N)cc4F)cccc3C2=O)CCC(=O)NC1=O.